The minimum atomic E-state index is 0. The second kappa shape index (κ2) is 10.9. The smallest absolute Gasteiger partial charge is 0.191 e. The minimum absolute atomic E-state index is 0. The molecule has 1 unspecified atom stereocenters. The summed E-state index contributed by atoms with van der Waals surface area (Å²) in [5.74, 6) is 0.818. The van der Waals surface area contributed by atoms with Gasteiger partial charge in [0.05, 0.1) is 13.2 Å². The van der Waals surface area contributed by atoms with Gasteiger partial charge in [0.1, 0.15) is 0 Å². The molecule has 1 saturated heterocycles. The molecule has 136 valence electrons. The van der Waals surface area contributed by atoms with Crippen LogP contribution in [0.5, 0.6) is 0 Å². The number of aryl methyl sites for hydroxylation is 1. The van der Waals surface area contributed by atoms with Gasteiger partial charge in [0.15, 0.2) is 5.96 Å². The van der Waals surface area contributed by atoms with Crippen LogP contribution in [0.15, 0.2) is 29.3 Å². The predicted octanol–water partition coefficient (Wildman–Crippen LogP) is 2.46. The van der Waals surface area contributed by atoms with Crippen molar-refractivity contribution >= 4 is 29.9 Å². The Labute approximate surface area is 162 Å². The molecule has 1 aromatic carbocycles. The van der Waals surface area contributed by atoms with E-state index in [-0.39, 0.29) is 36.0 Å². The van der Waals surface area contributed by atoms with E-state index < -0.39 is 0 Å². The van der Waals surface area contributed by atoms with Gasteiger partial charge >= 0.3 is 0 Å². The molecule has 0 bridgehead atoms. The third-order valence-corrected chi connectivity index (χ3v) is 4.30. The highest BCUT2D eigenvalue weighted by Gasteiger charge is 2.34. The second-order valence-corrected chi connectivity index (χ2v) is 6.31. The number of rotatable bonds is 7. The number of nitrogens with one attached hydrogen (secondary N) is 2. The van der Waals surface area contributed by atoms with Gasteiger partial charge in [0, 0.05) is 31.7 Å². The normalized spacial score (nSPS) is 20.5. The van der Waals surface area contributed by atoms with Crippen LogP contribution in [-0.2, 0) is 11.3 Å². The van der Waals surface area contributed by atoms with Gasteiger partial charge < -0.3 is 20.5 Å². The Bertz CT molecular complexity index is 517. The fraction of sp³-hybridized carbons (Fsp3) is 0.611. The lowest BCUT2D eigenvalue weighted by Crippen LogP contribution is -2.44. The maximum absolute atomic E-state index is 9.31. The molecule has 0 radical (unpaired) electrons. The van der Waals surface area contributed by atoms with Crippen LogP contribution in [0.2, 0.25) is 0 Å². The van der Waals surface area contributed by atoms with E-state index in [9.17, 15) is 5.11 Å². The number of aliphatic hydroxyl groups is 1. The van der Waals surface area contributed by atoms with Gasteiger partial charge in [-0.2, -0.15) is 0 Å². The van der Waals surface area contributed by atoms with Crippen molar-refractivity contribution in [2.24, 2.45) is 10.4 Å². The van der Waals surface area contributed by atoms with Crippen LogP contribution in [0.25, 0.3) is 0 Å². The molecule has 0 amide bonds. The van der Waals surface area contributed by atoms with E-state index in [1.165, 1.54) is 11.1 Å². The Kier molecular flexibility index (Phi) is 9.61. The molecule has 3 N–H and O–H groups in total. The van der Waals surface area contributed by atoms with Gasteiger partial charge in [-0.25, -0.2) is 4.99 Å². The third-order valence-electron chi connectivity index (χ3n) is 4.30. The number of ether oxygens (including phenoxy) is 1. The average molecular weight is 447 g/mol. The lowest BCUT2D eigenvalue weighted by Gasteiger charge is -2.27. The predicted molar refractivity (Wildman–Crippen MR) is 109 cm³/mol. The molecule has 2 rings (SSSR count). The molecule has 1 fully saturated rings. The zero-order valence-electron chi connectivity index (χ0n) is 14.7. The van der Waals surface area contributed by atoms with Gasteiger partial charge in [-0.15, -0.1) is 24.0 Å². The van der Waals surface area contributed by atoms with Crippen molar-refractivity contribution in [3.63, 3.8) is 0 Å². The molecule has 0 aliphatic carbocycles. The summed E-state index contributed by atoms with van der Waals surface area (Å²) < 4.78 is 5.54. The first-order chi connectivity index (χ1) is 11.2. The molecule has 0 aromatic heterocycles. The number of hydrogen-bond donors (Lipinski definition) is 3. The number of hydrogen-bond acceptors (Lipinski definition) is 3. The van der Waals surface area contributed by atoms with Crippen LogP contribution in [0, 0.1) is 12.3 Å². The highest BCUT2D eigenvalue weighted by molar-refractivity contribution is 14.0. The van der Waals surface area contributed by atoms with E-state index in [0.29, 0.717) is 13.2 Å². The maximum Gasteiger partial charge on any atom is 0.191 e. The highest BCUT2D eigenvalue weighted by atomic mass is 127. The Morgan fingerprint density at radius 3 is 2.83 bits per heavy atom. The minimum Gasteiger partial charge on any atom is -0.396 e. The SMILES string of the molecule is CCNC(=NCc1cccc(C)c1)NCC1(CCO)CCOC1.I. The van der Waals surface area contributed by atoms with Gasteiger partial charge in [-0.1, -0.05) is 29.8 Å². The second-order valence-electron chi connectivity index (χ2n) is 6.31. The van der Waals surface area contributed by atoms with Crippen LogP contribution in [0.1, 0.15) is 30.9 Å². The van der Waals surface area contributed by atoms with Gasteiger partial charge in [-0.3, -0.25) is 0 Å². The zero-order chi connectivity index (χ0) is 16.5. The Morgan fingerprint density at radius 2 is 2.21 bits per heavy atom. The number of guanidine groups is 1. The lowest BCUT2D eigenvalue weighted by molar-refractivity contribution is 0.127. The van der Waals surface area contributed by atoms with Crippen molar-refractivity contribution < 1.29 is 9.84 Å². The van der Waals surface area contributed by atoms with Crippen LogP contribution >= 0.6 is 24.0 Å². The topological polar surface area (TPSA) is 65.9 Å². The van der Waals surface area contributed by atoms with E-state index in [1.54, 1.807) is 0 Å². The maximum atomic E-state index is 9.31. The summed E-state index contributed by atoms with van der Waals surface area (Å²) in [4.78, 5) is 4.67. The number of benzene rings is 1. The van der Waals surface area contributed by atoms with Gasteiger partial charge in [0.2, 0.25) is 0 Å². The summed E-state index contributed by atoms with van der Waals surface area (Å²) in [5.41, 5.74) is 2.48. The molecular formula is C18H30IN3O2. The summed E-state index contributed by atoms with van der Waals surface area (Å²) in [6.07, 6.45) is 1.75. The number of aliphatic imine (C=N–C) groups is 1. The van der Waals surface area contributed by atoms with Crippen molar-refractivity contribution in [3.05, 3.63) is 35.4 Å². The van der Waals surface area contributed by atoms with Gasteiger partial charge in [0.25, 0.3) is 0 Å². The summed E-state index contributed by atoms with van der Waals surface area (Å²) in [6.45, 7) is 8.08. The fourth-order valence-corrected chi connectivity index (χ4v) is 2.91. The van der Waals surface area contributed by atoms with Crippen LogP contribution in [0.3, 0.4) is 0 Å². The molecule has 1 aliphatic heterocycles. The monoisotopic (exact) mass is 447 g/mol. The fourth-order valence-electron chi connectivity index (χ4n) is 2.91. The molecule has 1 aliphatic rings. The molecule has 6 heteroatoms. The van der Waals surface area contributed by atoms with E-state index in [4.69, 9.17) is 4.74 Å². The van der Waals surface area contributed by atoms with E-state index in [0.717, 1.165) is 38.5 Å². The molecule has 0 spiro atoms. The molecular weight excluding hydrogens is 417 g/mol. The molecule has 5 nitrogen and oxygen atoms in total. The standard InChI is InChI=1S/C18H29N3O2.HI/c1-3-19-17(20-12-16-6-4-5-15(2)11-16)21-13-18(7-9-22)8-10-23-14-18;/h4-6,11,22H,3,7-10,12-14H2,1-2H3,(H2,19,20,21);1H. The molecule has 0 saturated carbocycles. The van der Waals surface area contributed by atoms with Crippen molar-refractivity contribution in [2.45, 2.75) is 33.2 Å². The number of halogens is 1. The molecule has 1 heterocycles. The Hall–Kier alpha value is -0.860. The first-order valence-corrected chi connectivity index (χ1v) is 8.44. The van der Waals surface area contributed by atoms with Crippen molar-refractivity contribution in [1.82, 2.24) is 10.6 Å². The summed E-state index contributed by atoms with van der Waals surface area (Å²) >= 11 is 0. The molecule has 1 aromatic rings. The number of nitrogens with zero attached hydrogens (tertiary/aromatic N) is 1. The first-order valence-electron chi connectivity index (χ1n) is 8.44. The van der Waals surface area contributed by atoms with Crippen LogP contribution in [0.4, 0.5) is 0 Å². The van der Waals surface area contributed by atoms with E-state index >= 15 is 0 Å². The van der Waals surface area contributed by atoms with E-state index in [2.05, 4.69) is 53.7 Å². The van der Waals surface area contributed by atoms with Gasteiger partial charge in [-0.05, 0) is 32.3 Å². The first kappa shape index (κ1) is 21.2. The van der Waals surface area contributed by atoms with Crippen LogP contribution < -0.4 is 10.6 Å². The summed E-state index contributed by atoms with van der Waals surface area (Å²) in [6, 6.07) is 8.41. The Morgan fingerprint density at radius 1 is 1.38 bits per heavy atom. The lowest BCUT2D eigenvalue weighted by atomic mass is 9.84. The van der Waals surface area contributed by atoms with Crippen LogP contribution in [-0.4, -0.2) is 44.0 Å². The van der Waals surface area contributed by atoms with Crippen molar-refractivity contribution in [2.75, 3.05) is 32.9 Å². The zero-order valence-corrected chi connectivity index (χ0v) is 17.0. The third kappa shape index (κ3) is 6.57. The summed E-state index contributed by atoms with van der Waals surface area (Å²) in [5, 5.41) is 16.0. The highest BCUT2D eigenvalue weighted by Crippen LogP contribution is 2.31. The quantitative estimate of drug-likeness (QED) is 0.342. The van der Waals surface area contributed by atoms with Crippen molar-refractivity contribution in [3.8, 4) is 0 Å². The van der Waals surface area contributed by atoms with E-state index in [1.807, 2.05) is 0 Å². The van der Waals surface area contributed by atoms with Crippen molar-refractivity contribution in [1.29, 1.82) is 0 Å². The largest absolute Gasteiger partial charge is 0.396 e. The summed E-state index contributed by atoms with van der Waals surface area (Å²) in [7, 11) is 0. The average Bonchev–Trinajstić information content (AvgIpc) is 2.99. The molecule has 1 atom stereocenters. The Balaban J connectivity index is 0.00000288. The number of aliphatic hydroxyl groups excluding tert-OH is 1. The molecule has 24 heavy (non-hydrogen) atoms.